The fraction of sp³-hybridized carbons (Fsp3) is 0.333. The molecule has 3 rings (SSSR count). The second-order valence-electron chi connectivity index (χ2n) is 6.68. The van der Waals surface area contributed by atoms with Crippen molar-refractivity contribution in [2.24, 2.45) is 0 Å². The molecule has 0 fully saturated rings. The number of hydrogen-bond acceptors (Lipinski definition) is 5. The van der Waals surface area contributed by atoms with Crippen LogP contribution in [0.3, 0.4) is 0 Å². The molecule has 0 spiro atoms. The molecular formula is C21H25N3O4. The third kappa shape index (κ3) is 5.99. The maximum atomic E-state index is 12.0. The third-order valence-electron chi connectivity index (χ3n) is 4.33. The number of hydrogen-bond donors (Lipinski definition) is 2. The molecule has 2 aromatic rings. The van der Waals surface area contributed by atoms with Crippen LogP contribution >= 0.6 is 0 Å². The Morgan fingerprint density at radius 1 is 1.00 bits per heavy atom. The quantitative estimate of drug-likeness (QED) is 0.767. The fourth-order valence-electron chi connectivity index (χ4n) is 2.88. The fourth-order valence-corrected chi connectivity index (χ4v) is 2.88. The Labute approximate surface area is 164 Å². The normalized spacial score (nSPS) is 12.5. The molecule has 2 N–H and O–H groups in total. The number of urea groups is 1. The summed E-state index contributed by atoms with van der Waals surface area (Å²) in [5, 5.41) is 5.03. The summed E-state index contributed by atoms with van der Waals surface area (Å²) in [5.74, 6) is 1.21. The van der Waals surface area contributed by atoms with Crippen LogP contribution in [0, 0.1) is 0 Å². The van der Waals surface area contributed by atoms with Gasteiger partial charge in [0, 0.05) is 26.1 Å². The molecule has 0 aromatic heterocycles. The Balaban J connectivity index is 1.37. The Bertz CT molecular complexity index is 811. The van der Waals surface area contributed by atoms with Gasteiger partial charge < -0.3 is 19.7 Å². The van der Waals surface area contributed by atoms with Crippen molar-refractivity contribution in [1.82, 2.24) is 15.5 Å². The molecule has 1 aliphatic heterocycles. The van der Waals surface area contributed by atoms with Gasteiger partial charge in [0.05, 0.1) is 0 Å². The molecule has 3 amide bonds. The molecule has 0 saturated heterocycles. The van der Waals surface area contributed by atoms with E-state index in [2.05, 4.69) is 10.6 Å². The number of carbonyl (C=O) groups is 2. The van der Waals surface area contributed by atoms with Gasteiger partial charge in [-0.2, -0.15) is 0 Å². The van der Waals surface area contributed by atoms with E-state index in [1.807, 2.05) is 60.5 Å². The van der Waals surface area contributed by atoms with Crippen molar-refractivity contribution in [1.29, 1.82) is 0 Å². The highest BCUT2D eigenvalue weighted by molar-refractivity contribution is 5.94. The van der Waals surface area contributed by atoms with Gasteiger partial charge >= 0.3 is 6.03 Å². The zero-order valence-electron chi connectivity index (χ0n) is 15.9. The number of ether oxygens (including phenoxy) is 2. The summed E-state index contributed by atoms with van der Waals surface area (Å²) in [6.45, 7) is 2.71. The summed E-state index contributed by atoms with van der Waals surface area (Å²) in [5.41, 5.74) is 2.05. The molecule has 7 nitrogen and oxygen atoms in total. The third-order valence-corrected chi connectivity index (χ3v) is 4.33. The Hall–Kier alpha value is -3.06. The lowest BCUT2D eigenvalue weighted by Gasteiger charge is -2.21. The first-order valence-corrected chi connectivity index (χ1v) is 9.29. The summed E-state index contributed by atoms with van der Waals surface area (Å²) >= 11 is 0. The second kappa shape index (κ2) is 9.75. The van der Waals surface area contributed by atoms with Gasteiger partial charge in [-0.3, -0.25) is 10.1 Å². The minimum Gasteiger partial charge on any atom is -0.486 e. The molecule has 148 valence electrons. The van der Waals surface area contributed by atoms with Crippen LogP contribution in [0.4, 0.5) is 4.79 Å². The highest BCUT2D eigenvalue weighted by atomic mass is 16.6. The summed E-state index contributed by atoms with van der Waals surface area (Å²) in [6.07, 6.45) is 0.236. The van der Waals surface area contributed by atoms with E-state index in [1.54, 1.807) is 0 Å². The van der Waals surface area contributed by atoms with Gasteiger partial charge in [-0.25, -0.2) is 4.79 Å². The molecule has 1 heterocycles. The molecule has 2 aromatic carbocycles. The van der Waals surface area contributed by atoms with Crippen LogP contribution in [0.2, 0.25) is 0 Å². The van der Waals surface area contributed by atoms with E-state index in [9.17, 15) is 9.59 Å². The Kier molecular flexibility index (Phi) is 6.86. The van der Waals surface area contributed by atoms with Crippen molar-refractivity contribution in [3.05, 3.63) is 59.7 Å². The van der Waals surface area contributed by atoms with Crippen molar-refractivity contribution in [3.8, 4) is 11.5 Å². The molecule has 0 atom stereocenters. The molecule has 7 heteroatoms. The van der Waals surface area contributed by atoms with Crippen LogP contribution < -0.4 is 20.1 Å². The van der Waals surface area contributed by atoms with E-state index in [1.165, 1.54) is 0 Å². The standard InChI is InChI=1S/C21H25N3O4/c1-24(15-17-7-8-18-19(13-17)28-12-11-27-18)10-9-20(25)23-21(26)22-14-16-5-3-2-4-6-16/h2-8,13H,9-12,14-15H2,1H3,(H2,22,23,25,26). The van der Waals surface area contributed by atoms with E-state index in [-0.39, 0.29) is 12.3 Å². The van der Waals surface area contributed by atoms with Gasteiger partial charge in [0.15, 0.2) is 11.5 Å². The summed E-state index contributed by atoms with van der Waals surface area (Å²) in [7, 11) is 1.93. The topological polar surface area (TPSA) is 79.9 Å². The maximum absolute atomic E-state index is 12.0. The lowest BCUT2D eigenvalue weighted by atomic mass is 10.2. The Morgan fingerprint density at radius 3 is 2.54 bits per heavy atom. The second-order valence-corrected chi connectivity index (χ2v) is 6.68. The van der Waals surface area contributed by atoms with Gasteiger partial charge in [-0.15, -0.1) is 0 Å². The van der Waals surface area contributed by atoms with Crippen molar-refractivity contribution < 1.29 is 19.1 Å². The van der Waals surface area contributed by atoms with E-state index < -0.39 is 6.03 Å². The highest BCUT2D eigenvalue weighted by Gasteiger charge is 2.13. The van der Waals surface area contributed by atoms with E-state index in [4.69, 9.17) is 9.47 Å². The molecule has 0 radical (unpaired) electrons. The van der Waals surface area contributed by atoms with Gasteiger partial charge in [0.1, 0.15) is 13.2 Å². The number of rotatable bonds is 7. The summed E-state index contributed by atoms with van der Waals surface area (Å²) in [4.78, 5) is 25.8. The molecule has 0 unspecified atom stereocenters. The number of benzene rings is 2. The first-order valence-electron chi connectivity index (χ1n) is 9.29. The van der Waals surface area contributed by atoms with Crippen molar-refractivity contribution >= 4 is 11.9 Å². The number of carbonyl (C=O) groups excluding carboxylic acids is 2. The highest BCUT2D eigenvalue weighted by Crippen LogP contribution is 2.30. The maximum Gasteiger partial charge on any atom is 0.321 e. The first-order chi connectivity index (χ1) is 13.6. The smallest absolute Gasteiger partial charge is 0.321 e. The average molecular weight is 383 g/mol. The van der Waals surface area contributed by atoms with E-state index in [0.717, 1.165) is 22.6 Å². The zero-order valence-corrected chi connectivity index (χ0v) is 15.9. The summed E-state index contributed by atoms with van der Waals surface area (Å²) in [6, 6.07) is 14.9. The van der Waals surface area contributed by atoms with Crippen molar-refractivity contribution in [2.45, 2.75) is 19.5 Å². The molecule has 28 heavy (non-hydrogen) atoms. The Morgan fingerprint density at radius 2 is 1.75 bits per heavy atom. The van der Waals surface area contributed by atoms with Crippen LogP contribution in [0.15, 0.2) is 48.5 Å². The summed E-state index contributed by atoms with van der Waals surface area (Å²) < 4.78 is 11.1. The van der Waals surface area contributed by atoms with Crippen LogP contribution in [0.25, 0.3) is 0 Å². The van der Waals surface area contributed by atoms with E-state index >= 15 is 0 Å². The molecule has 1 aliphatic rings. The number of fused-ring (bicyclic) bond motifs is 1. The first kappa shape index (κ1) is 19.7. The number of imide groups is 1. The van der Waals surface area contributed by atoms with Gasteiger partial charge in [0.25, 0.3) is 0 Å². The largest absolute Gasteiger partial charge is 0.486 e. The van der Waals surface area contributed by atoms with Gasteiger partial charge in [-0.1, -0.05) is 36.4 Å². The predicted octanol–water partition coefficient (Wildman–Crippen LogP) is 2.31. The predicted molar refractivity (Wildman–Crippen MR) is 105 cm³/mol. The molecule has 0 bridgehead atoms. The molecular weight excluding hydrogens is 358 g/mol. The van der Waals surface area contributed by atoms with Crippen LogP contribution in [-0.4, -0.2) is 43.6 Å². The van der Waals surface area contributed by atoms with Crippen molar-refractivity contribution in [2.75, 3.05) is 26.8 Å². The minimum atomic E-state index is -0.483. The number of nitrogens with zero attached hydrogens (tertiary/aromatic N) is 1. The number of amides is 3. The lowest BCUT2D eigenvalue weighted by Crippen LogP contribution is -2.40. The minimum absolute atomic E-state index is 0.236. The SMILES string of the molecule is CN(CCC(=O)NC(=O)NCc1ccccc1)Cc1ccc2c(c1)OCCO2. The average Bonchev–Trinajstić information content (AvgIpc) is 2.71. The zero-order chi connectivity index (χ0) is 19.8. The van der Waals surface area contributed by atoms with Gasteiger partial charge in [-0.05, 0) is 30.3 Å². The van der Waals surface area contributed by atoms with Crippen molar-refractivity contribution in [3.63, 3.8) is 0 Å². The van der Waals surface area contributed by atoms with Crippen LogP contribution in [-0.2, 0) is 17.9 Å². The van der Waals surface area contributed by atoms with Gasteiger partial charge in [0.2, 0.25) is 5.91 Å². The lowest BCUT2D eigenvalue weighted by molar-refractivity contribution is -0.120. The van der Waals surface area contributed by atoms with E-state index in [0.29, 0.717) is 32.8 Å². The van der Waals surface area contributed by atoms with Crippen LogP contribution in [0.5, 0.6) is 11.5 Å². The number of nitrogens with one attached hydrogen (secondary N) is 2. The van der Waals surface area contributed by atoms with Crippen LogP contribution in [0.1, 0.15) is 17.5 Å². The monoisotopic (exact) mass is 383 g/mol. The molecule has 0 saturated carbocycles. The molecule has 0 aliphatic carbocycles.